The third kappa shape index (κ3) is 12.9. The van der Waals surface area contributed by atoms with E-state index in [1.165, 1.54) is 10.9 Å². The number of nitrogens with zero attached hydrogens (tertiary/aromatic N) is 6. The van der Waals surface area contributed by atoms with Crippen LogP contribution in [0.2, 0.25) is 0 Å². The average Bonchev–Trinajstić information content (AvgIpc) is 3.79. The number of phosphoric acid groups is 2. The summed E-state index contributed by atoms with van der Waals surface area (Å²) in [6, 6.07) is 0. The second kappa shape index (κ2) is 21.3. The van der Waals surface area contributed by atoms with Gasteiger partial charge in [0.1, 0.15) is 42.7 Å². The van der Waals surface area contributed by atoms with Crippen LogP contribution in [-0.2, 0) is 49.7 Å². The van der Waals surface area contributed by atoms with Crippen molar-refractivity contribution in [2.24, 2.45) is 0 Å². The van der Waals surface area contributed by atoms with Gasteiger partial charge in [0.05, 0.1) is 25.2 Å². The fourth-order valence-corrected chi connectivity index (χ4v) is 7.93. The number of nitrogen functional groups attached to an aromatic ring is 1. The van der Waals surface area contributed by atoms with E-state index in [-0.39, 0.29) is 89.2 Å². The quantitative estimate of drug-likeness (QED) is 0.0315. The number of aromatic nitrogens is 7. The maximum absolute atomic E-state index is 12.6. The van der Waals surface area contributed by atoms with Gasteiger partial charge in [0.25, 0.3) is 21.2 Å². The molecule has 302 valence electrons. The summed E-state index contributed by atoms with van der Waals surface area (Å²) in [5.74, 6) is -1.12. The molecule has 3 aromatic heterocycles. The fraction of sp³-hybridized carbons (Fsp3) is 0.704. The zero-order valence-electron chi connectivity index (χ0n) is 30.3. The molecule has 11 atom stereocenters. The summed E-state index contributed by atoms with van der Waals surface area (Å²) >= 11 is 0. The zero-order chi connectivity index (χ0) is 39.4. The molecular formula is C27H40N8Na2O17P2. The third-order valence-corrected chi connectivity index (χ3v) is 11.1. The number of aliphatic hydroxyl groups is 5. The summed E-state index contributed by atoms with van der Waals surface area (Å²) < 4.78 is 51.5. The Bertz CT molecular complexity index is 1910. The topological polar surface area (TPSA) is 385 Å². The van der Waals surface area contributed by atoms with E-state index in [1.807, 2.05) is 0 Å². The minimum Gasteiger partial charge on any atom is -0.756 e. The van der Waals surface area contributed by atoms with Gasteiger partial charge in [-0.1, -0.05) is 30.9 Å². The SMILES string of the molecule is Nc1nc2c(ncn2[C@@H]2O[C@H](COP(=O)([O-])OP(=O)([O-])O[C@H]3O[C@@H](Cn4cc(CCCCCCCCC(=O)O)nn4)[C@@H](O)[C@@H](O)[C@@H]3O)[C@@H](O)[C@H]2O)c(=O)[nH]1.[Na+].[Na+]. The Morgan fingerprint density at radius 3 is 2.29 bits per heavy atom. The number of nitrogens with one attached hydrogen (secondary N) is 1. The summed E-state index contributed by atoms with van der Waals surface area (Å²) in [4.78, 5) is 57.8. The standard InChI is InChI=1S/C27H42N8O17P2.2Na/c28-27-30-23-17(24(43)31-27)29-12-35(23)25-21(41)19(39)15(49-25)11-48-53(44,45)52-54(46,47)51-26-22(42)20(40)18(38)14(50-26)10-34-9-13(32-33-34)7-5-3-1-2-4-6-8-16(36)37;;/h9,12,14-15,18-22,25-26,38-42H,1-8,10-11H2,(H,36,37)(H,44,45)(H,46,47)(H3,28,30,31,43);;/q;2*+1/p-2/t14-,15+,18+,19+,20+,21+,22-,25+,26+;;/m0../s1. The van der Waals surface area contributed by atoms with Crippen LogP contribution in [0.15, 0.2) is 17.3 Å². The van der Waals surface area contributed by atoms with Crippen molar-refractivity contribution in [2.75, 3.05) is 12.3 Å². The number of hydrogen-bond donors (Lipinski definition) is 8. The van der Waals surface area contributed by atoms with Crippen molar-refractivity contribution in [3.63, 3.8) is 0 Å². The van der Waals surface area contributed by atoms with Crippen molar-refractivity contribution in [2.45, 2.75) is 113 Å². The van der Waals surface area contributed by atoms with E-state index in [2.05, 4.69) is 38.6 Å². The predicted octanol–water partition coefficient (Wildman–Crippen LogP) is -9.23. The maximum Gasteiger partial charge on any atom is 1.00 e. The molecule has 2 aliphatic rings. The number of carboxylic acids is 1. The first-order valence-corrected chi connectivity index (χ1v) is 19.6. The van der Waals surface area contributed by atoms with Crippen molar-refractivity contribution in [3.05, 3.63) is 28.6 Å². The number of carbonyl (C=O) groups is 1. The number of hydrogen-bond acceptors (Lipinski definition) is 21. The minimum atomic E-state index is -5.98. The van der Waals surface area contributed by atoms with Crippen LogP contribution in [0.1, 0.15) is 56.9 Å². The van der Waals surface area contributed by atoms with Gasteiger partial charge in [-0.3, -0.25) is 32.8 Å². The number of phosphoric ester groups is 2. The van der Waals surface area contributed by atoms with Crippen LogP contribution in [0, 0.1) is 0 Å². The summed E-state index contributed by atoms with van der Waals surface area (Å²) in [6.07, 6.45) is -8.23. The normalized spacial score (nSPS) is 28.6. The Morgan fingerprint density at radius 1 is 0.929 bits per heavy atom. The van der Waals surface area contributed by atoms with Crippen molar-refractivity contribution in [3.8, 4) is 0 Å². The van der Waals surface area contributed by atoms with Gasteiger partial charge in [-0.05, 0) is 19.3 Å². The van der Waals surface area contributed by atoms with E-state index in [0.29, 0.717) is 18.5 Å². The second-order valence-corrected chi connectivity index (χ2v) is 15.6. The van der Waals surface area contributed by atoms with Gasteiger partial charge in [-0.15, -0.1) is 5.10 Å². The Balaban J connectivity index is 0.00000420. The van der Waals surface area contributed by atoms with E-state index in [1.54, 1.807) is 0 Å². The van der Waals surface area contributed by atoms with E-state index in [0.717, 1.165) is 43.0 Å². The summed E-state index contributed by atoms with van der Waals surface area (Å²) in [6.45, 7) is -1.40. The molecular weight excluding hydrogens is 816 g/mol. The van der Waals surface area contributed by atoms with Gasteiger partial charge in [-0.25, -0.2) is 14.0 Å². The molecule has 0 bridgehead atoms. The first-order chi connectivity index (χ1) is 25.4. The van der Waals surface area contributed by atoms with E-state index in [4.69, 9.17) is 20.3 Å². The summed E-state index contributed by atoms with van der Waals surface area (Å²) in [5.41, 5.74) is 5.10. The molecule has 29 heteroatoms. The number of carboxylic acid groups (broad SMARTS) is 1. The molecule has 9 N–H and O–H groups in total. The molecule has 2 saturated heterocycles. The van der Waals surface area contributed by atoms with Gasteiger partial charge in [-0.2, -0.15) is 4.98 Å². The Morgan fingerprint density at radius 2 is 1.59 bits per heavy atom. The van der Waals surface area contributed by atoms with Crippen molar-refractivity contribution in [1.82, 2.24) is 34.5 Å². The molecule has 0 amide bonds. The van der Waals surface area contributed by atoms with E-state index < -0.39 is 89.0 Å². The van der Waals surface area contributed by atoms with Crippen LogP contribution >= 0.6 is 15.6 Å². The Labute approximate surface area is 361 Å². The molecule has 0 aliphatic carbocycles. The monoisotopic (exact) mass is 856 g/mol. The number of rotatable bonds is 19. The molecule has 0 saturated carbocycles. The fourth-order valence-electron chi connectivity index (χ4n) is 5.85. The Kier molecular flexibility index (Phi) is 18.7. The van der Waals surface area contributed by atoms with Crippen LogP contribution in [-0.4, -0.2) is 127 Å². The molecule has 0 radical (unpaired) electrons. The van der Waals surface area contributed by atoms with E-state index >= 15 is 0 Å². The van der Waals surface area contributed by atoms with Gasteiger partial charge in [0.2, 0.25) is 5.95 Å². The molecule has 3 aromatic rings. The van der Waals surface area contributed by atoms with Crippen molar-refractivity contribution in [1.29, 1.82) is 0 Å². The number of anilines is 1. The summed E-state index contributed by atoms with van der Waals surface area (Å²) in [7, 11) is -11.8. The number of nitrogens with two attached hydrogens (primary N) is 1. The van der Waals surface area contributed by atoms with Gasteiger partial charge < -0.3 is 60.2 Å². The summed E-state index contributed by atoms with van der Waals surface area (Å²) in [5, 5.41) is 68.9. The minimum absolute atomic E-state index is 0. The number of unbranched alkanes of at least 4 members (excludes halogenated alkanes) is 5. The number of aliphatic carboxylic acids is 1. The van der Waals surface area contributed by atoms with Crippen LogP contribution in [0.25, 0.3) is 11.2 Å². The van der Waals surface area contributed by atoms with Gasteiger partial charge in [0.15, 0.2) is 23.7 Å². The van der Waals surface area contributed by atoms with Gasteiger partial charge in [0, 0.05) is 12.6 Å². The zero-order valence-corrected chi connectivity index (χ0v) is 36.0. The molecule has 25 nitrogen and oxygen atoms in total. The third-order valence-electron chi connectivity index (χ3n) is 8.59. The van der Waals surface area contributed by atoms with E-state index in [9.17, 15) is 54.0 Å². The van der Waals surface area contributed by atoms with Crippen LogP contribution in [0.3, 0.4) is 0 Å². The van der Waals surface area contributed by atoms with Crippen LogP contribution < -0.4 is 80.2 Å². The average molecular weight is 857 g/mol. The molecule has 56 heavy (non-hydrogen) atoms. The molecule has 5 rings (SSSR count). The number of aryl methyl sites for hydroxylation is 1. The number of aromatic amines is 1. The largest absolute Gasteiger partial charge is 1.00 e. The Hall–Kier alpha value is -1.26. The molecule has 2 unspecified atom stereocenters. The second-order valence-electron chi connectivity index (χ2n) is 12.7. The molecule has 0 aromatic carbocycles. The smallest absolute Gasteiger partial charge is 0.756 e. The van der Waals surface area contributed by atoms with Crippen LogP contribution in [0.4, 0.5) is 5.95 Å². The molecule has 2 aliphatic heterocycles. The van der Waals surface area contributed by atoms with Gasteiger partial charge >= 0.3 is 65.1 Å². The van der Waals surface area contributed by atoms with Crippen molar-refractivity contribution >= 4 is 38.7 Å². The number of H-pyrrole nitrogens is 1. The van der Waals surface area contributed by atoms with Crippen molar-refractivity contribution < 1.29 is 136 Å². The predicted molar refractivity (Wildman–Crippen MR) is 172 cm³/mol. The molecule has 0 spiro atoms. The first-order valence-electron chi connectivity index (χ1n) is 16.7. The number of aliphatic hydroxyl groups excluding tert-OH is 5. The number of ether oxygens (including phenoxy) is 2. The molecule has 5 heterocycles. The maximum atomic E-state index is 12.6. The van der Waals surface area contributed by atoms with Crippen LogP contribution in [0.5, 0.6) is 0 Å². The number of imidazole rings is 1. The number of fused-ring (bicyclic) bond motifs is 1. The first kappa shape index (κ1) is 49.1. The molecule has 2 fully saturated rings.